The molecule has 7 heteroatoms. The predicted molar refractivity (Wildman–Crippen MR) is 105 cm³/mol. The first-order chi connectivity index (χ1) is 14.3. The van der Waals surface area contributed by atoms with Gasteiger partial charge in [-0.1, -0.05) is 24.3 Å². The molecule has 0 fully saturated rings. The largest absolute Gasteiger partial charge is 0.418 e. The molecule has 4 rings (SSSR count). The molecule has 0 amide bonds. The lowest BCUT2D eigenvalue weighted by atomic mass is 9.99. The summed E-state index contributed by atoms with van der Waals surface area (Å²) < 4.78 is 67.1. The Hall–Kier alpha value is -3.48. The lowest BCUT2D eigenvalue weighted by molar-refractivity contribution is -0.136. The van der Waals surface area contributed by atoms with Gasteiger partial charge < -0.3 is 5.32 Å². The molecule has 0 aliphatic rings. The monoisotopic (exact) mass is 413 g/mol. The smallest absolute Gasteiger partial charge is 0.381 e. The first-order valence-electron chi connectivity index (χ1n) is 8.98. The van der Waals surface area contributed by atoms with E-state index in [1.165, 1.54) is 12.3 Å². The van der Waals surface area contributed by atoms with Gasteiger partial charge in [-0.2, -0.15) is 13.2 Å². The van der Waals surface area contributed by atoms with E-state index in [1.807, 2.05) is 0 Å². The fourth-order valence-corrected chi connectivity index (χ4v) is 3.25. The highest BCUT2D eigenvalue weighted by atomic mass is 19.4. The number of nitrogens with one attached hydrogen (secondary N) is 1. The standard InChI is InChI=1S/C23H14F5N2/c24-16-7-8-21(25)15(11-16)13-30-17-4-1-3-14(12-17)18-9-10-29-22-19(18)5-2-6-20(22)23(26,27)28/h1-8,10-12,30H,13H2. The number of anilines is 1. The number of aromatic nitrogens is 1. The number of hydrogen-bond donors (Lipinski definition) is 1. The van der Waals surface area contributed by atoms with Crippen molar-refractivity contribution >= 4 is 16.6 Å². The SMILES string of the molecule is Fc1ccc(F)c(CNc2cccc(-c3[c]cnc4c(C(F)(F)F)cccc34)c2)c1. The summed E-state index contributed by atoms with van der Waals surface area (Å²) in [5, 5.41) is 3.33. The van der Waals surface area contributed by atoms with E-state index in [2.05, 4.69) is 16.4 Å². The molecule has 1 aromatic heterocycles. The van der Waals surface area contributed by atoms with E-state index in [0.29, 0.717) is 22.2 Å². The number of halogens is 5. The summed E-state index contributed by atoms with van der Waals surface area (Å²) in [5.74, 6) is -1.08. The average molecular weight is 413 g/mol. The van der Waals surface area contributed by atoms with Crippen LogP contribution >= 0.6 is 0 Å². The van der Waals surface area contributed by atoms with Gasteiger partial charge in [0.05, 0.1) is 11.1 Å². The minimum atomic E-state index is -4.52. The van der Waals surface area contributed by atoms with Gasteiger partial charge >= 0.3 is 6.18 Å². The van der Waals surface area contributed by atoms with E-state index in [-0.39, 0.29) is 17.6 Å². The van der Waals surface area contributed by atoms with Crippen molar-refractivity contribution in [2.45, 2.75) is 12.7 Å². The second-order valence-electron chi connectivity index (χ2n) is 6.65. The number of benzene rings is 3. The number of fused-ring (bicyclic) bond motifs is 1. The molecule has 0 atom stereocenters. The number of hydrogen-bond acceptors (Lipinski definition) is 2. The van der Waals surface area contributed by atoms with Crippen LogP contribution in [-0.4, -0.2) is 4.98 Å². The summed E-state index contributed by atoms with van der Waals surface area (Å²) in [5.41, 5.74) is 0.876. The number of rotatable bonds is 4. The highest BCUT2D eigenvalue weighted by molar-refractivity contribution is 5.96. The van der Waals surface area contributed by atoms with E-state index in [1.54, 1.807) is 30.3 Å². The van der Waals surface area contributed by atoms with Gasteiger partial charge in [-0.25, -0.2) is 8.78 Å². The zero-order valence-corrected chi connectivity index (χ0v) is 15.4. The van der Waals surface area contributed by atoms with Crippen LogP contribution in [0.1, 0.15) is 11.1 Å². The second-order valence-corrected chi connectivity index (χ2v) is 6.65. The molecule has 0 saturated carbocycles. The topological polar surface area (TPSA) is 24.9 Å². The molecular weight excluding hydrogens is 399 g/mol. The van der Waals surface area contributed by atoms with Gasteiger partial charge in [0.1, 0.15) is 11.6 Å². The van der Waals surface area contributed by atoms with Crippen molar-refractivity contribution in [1.82, 2.24) is 4.98 Å². The molecule has 1 heterocycles. The molecule has 2 nitrogen and oxygen atoms in total. The van der Waals surface area contributed by atoms with Crippen molar-refractivity contribution in [3.63, 3.8) is 0 Å². The van der Waals surface area contributed by atoms with Crippen molar-refractivity contribution in [2.24, 2.45) is 0 Å². The Kier molecular flexibility index (Phi) is 5.11. The van der Waals surface area contributed by atoms with E-state index in [0.717, 1.165) is 24.3 Å². The second kappa shape index (κ2) is 7.74. The highest BCUT2D eigenvalue weighted by Crippen LogP contribution is 2.37. The van der Waals surface area contributed by atoms with Gasteiger partial charge in [0.15, 0.2) is 0 Å². The lowest BCUT2D eigenvalue weighted by Crippen LogP contribution is -2.06. The predicted octanol–water partition coefficient (Wildman–Crippen LogP) is 6.61. The Morgan fingerprint density at radius 1 is 0.933 bits per heavy atom. The number of pyridine rings is 1. The van der Waals surface area contributed by atoms with Crippen molar-refractivity contribution in [1.29, 1.82) is 0 Å². The Balaban J connectivity index is 1.69. The molecule has 1 N–H and O–H groups in total. The highest BCUT2D eigenvalue weighted by Gasteiger charge is 2.33. The third-order valence-corrected chi connectivity index (χ3v) is 4.66. The molecule has 4 aromatic rings. The molecular formula is C23H14F5N2. The summed E-state index contributed by atoms with van der Waals surface area (Å²) in [4.78, 5) is 3.88. The Bertz CT molecular complexity index is 1220. The molecule has 30 heavy (non-hydrogen) atoms. The van der Waals surface area contributed by atoms with Gasteiger partial charge in [0, 0.05) is 41.0 Å². The van der Waals surface area contributed by atoms with Crippen LogP contribution in [0.3, 0.4) is 0 Å². The lowest BCUT2D eigenvalue weighted by Gasteiger charge is -2.13. The fourth-order valence-electron chi connectivity index (χ4n) is 3.25. The van der Waals surface area contributed by atoms with Crippen LogP contribution in [0.15, 0.2) is 66.9 Å². The van der Waals surface area contributed by atoms with E-state index in [4.69, 9.17) is 0 Å². The van der Waals surface area contributed by atoms with Crippen LogP contribution in [0.4, 0.5) is 27.6 Å². The van der Waals surface area contributed by atoms with Crippen LogP contribution in [-0.2, 0) is 12.7 Å². The van der Waals surface area contributed by atoms with E-state index >= 15 is 0 Å². The first kappa shape index (κ1) is 19.8. The minimum absolute atomic E-state index is 0.0477. The summed E-state index contributed by atoms with van der Waals surface area (Å²) in [6.45, 7) is 0.0477. The van der Waals surface area contributed by atoms with Crippen LogP contribution in [0.2, 0.25) is 0 Å². The maximum Gasteiger partial charge on any atom is 0.418 e. The van der Waals surface area contributed by atoms with Gasteiger partial charge in [0.2, 0.25) is 0 Å². The molecule has 0 bridgehead atoms. The minimum Gasteiger partial charge on any atom is -0.381 e. The Morgan fingerprint density at radius 3 is 2.53 bits per heavy atom. The molecule has 1 radical (unpaired) electrons. The van der Waals surface area contributed by atoms with Gasteiger partial charge in [-0.05, 0) is 42.0 Å². The number of para-hydroxylation sites is 1. The maximum absolute atomic E-state index is 13.8. The summed E-state index contributed by atoms with van der Waals surface area (Å²) in [6, 6.07) is 16.9. The van der Waals surface area contributed by atoms with Gasteiger partial charge in [-0.3, -0.25) is 4.98 Å². The van der Waals surface area contributed by atoms with Crippen molar-refractivity contribution in [3.8, 4) is 11.1 Å². The molecule has 0 saturated heterocycles. The molecule has 0 aliphatic carbocycles. The van der Waals surface area contributed by atoms with Crippen LogP contribution < -0.4 is 5.32 Å². The van der Waals surface area contributed by atoms with Crippen LogP contribution in [0.25, 0.3) is 22.0 Å². The van der Waals surface area contributed by atoms with Crippen molar-refractivity contribution in [2.75, 3.05) is 5.32 Å². The molecule has 0 aliphatic heterocycles. The van der Waals surface area contributed by atoms with E-state index in [9.17, 15) is 22.0 Å². The zero-order chi connectivity index (χ0) is 21.3. The zero-order valence-electron chi connectivity index (χ0n) is 15.4. The normalized spacial score (nSPS) is 11.6. The third kappa shape index (κ3) is 3.96. The maximum atomic E-state index is 13.8. The van der Waals surface area contributed by atoms with Crippen molar-refractivity contribution < 1.29 is 22.0 Å². The van der Waals surface area contributed by atoms with E-state index < -0.39 is 23.4 Å². The molecule has 0 spiro atoms. The summed E-state index contributed by atoms with van der Waals surface area (Å²) in [6.07, 6.45) is -3.31. The molecule has 3 aromatic carbocycles. The Morgan fingerprint density at radius 2 is 1.73 bits per heavy atom. The van der Waals surface area contributed by atoms with Crippen LogP contribution in [0, 0.1) is 17.7 Å². The van der Waals surface area contributed by atoms with Gasteiger partial charge in [0.25, 0.3) is 0 Å². The molecule has 0 unspecified atom stereocenters. The summed E-state index contributed by atoms with van der Waals surface area (Å²) >= 11 is 0. The van der Waals surface area contributed by atoms with Gasteiger partial charge in [-0.15, -0.1) is 0 Å². The first-order valence-corrected chi connectivity index (χ1v) is 8.98. The number of alkyl halides is 3. The Labute approximate surface area is 169 Å². The third-order valence-electron chi connectivity index (χ3n) is 4.66. The van der Waals surface area contributed by atoms with Crippen molar-refractivity contribution in [3.05, 3.63) is 95.7 Å². The number of nitrogens with zero attached hydrogens (tertiary/aromatic N) is 1. The fraction of sp³-hybridized carbons (Fsp3) is 0.0870. The summed E-state index contributed by atoms with van der Waals surface area (Å²) in [7, 11) is 0. The average Bonchev–Trinajstić information content (AvgIpc) is 2.73. The molecule has 151 valence electrons. The quantitative estimate of drug-likeness (QED) is 0.381. The van der Waals surface area contributed by atoms with Crippen LogP contribution in [0.5, 0.6) is 0 Å².